The first-order valence-electron chi connectivity index (χ1n) is 4.64. The highest BCUT2D eigenvalue weighted by Gasteiger charge is 2.09. The van der Waals surface area contributed by atoms with Crippen molar-refractivity contribution < 1.29 is 20.3 Å². The summed E-state index contributed by atoms with van der Waals surface area (Å²) in [7, 11) is 0. The van der Waals surface area contributed by atoms with Crippen molar-refractivity contribution in [2.24, 2.45) is 0 Å². The Morgan fingerprint density at radius 3 is 2.59 bits per heavy atom. The Hall–Kier alpha value is -1.89. The van der Waals surface area contributed by atoms with Crippen LogP contribution in [0.4, 0.5) is 5.69 Å². The summed E-state index contributed by atoms with van der Waals surface area (Å²) in [4.78, 5) is 10.7. The average molecular weight is 250 g/mol. The number of hydrogen-bond donors (Lipinski definition) is 2. The van der Waals surface area contributed by atoms with Crippen LogP contribution < -0.4 is 10.3 Å². The zero-order chi connectivity index (χ0) is 12.4. The van der Waals surface area contributed by atoms with Crippen molar-refractivity contribution in [2.75, 3.05) is 5.23 Å². The minimum absolute atomic E-state index is 0.114. The summed E-state index contributed by atoms with van der Waals surface area (Å²) in [6.07, 6.45) is 0.394. The van der Waals surface area contributed by atoms with E-state index >= 15 is 0 Å². The fourth-order valence-corrected chi connectivity index (χ4v) is 2.13. The van der Waals surface area contributed by atoms with E-state index in [0.717, 1.165) is 5.56 Å². The number of carbonyl (C=O) groups is 1. The zero-order valence-corrected chi connectivity index (χ0v) is 9.35. The van der Waals surface area contributed by atoms with Crippen molar-refractivity contribution in [1.82, 2.24) is 0 Å². The number of aldehydes is 1. The second-order valence-corrected chi connectivity index (χ2v) is 4.11. The summed E-state index contributed by atoms with van der Waals surface area (Å²) in [6.45, 7) is 0. The van der Waals surface area contributed by atoms with Crippen molar-refractivity contribution >= 4 is 23.3 Å². The normalized spacial score (nSPS) is 10.2. The molecular weight excluding hydrogens is 242 g/mol. The van der Waals surface area contributed by atoms with Crippen molar-refractivity contribution in [2.45, 2.75) is 0 Å². The zero-order valence-electron chi connectivity index (χ0n) is 8.53. The topological polar surface area (TPSA) is 83.8 Å². The Morgan fingerprint density at radius 1 is 1.29 bits per heavy atom. The van der Waals surface area contributed by atoms with Crippen LogP contribution in [-0.4, -0.2) is 16.7 Å². The number of benzene rings is 1. The molecule has 0 aliphatic heterocycles. The predicted molar refractivity (Wildman–Crippen MR) is 60.6 cm³/mol. The van der Waals surface area contributed by atoms with E-state index in [1.165, 1.54) is 23.5 Å². The average Bonchev–Trinajstić information content (AvgIpc) is 2.82. The standard InChI is InChI=1S/C11H9NO4S/c13-5-9-3-8(7-1-2-17-6-7)4-10(11(9)14)12(15)16/h1-6,14-16H/p-1. The fourth-order valence-electron chi connectivity index (χ4n) is 1.47. The third-order valence-corrected chi connectivity index (χ3v) is 2.98. The lowest BCUT2D eigenvalue weighted by molar-refractivity contribution is -0.268. The fraction of sp³-hybridized carbons (Fsp3) is 0. The maximum atomic E-state index is 11.6. The Kier molecular flexibility index (Phi) is 3.10. The van der Waals surface area contributed by atoms with E-state index in [0.29, 0.717) is 11.8 Å². The van der Waals surface area contributed by atoms with Gasteiger partial charge in [-0.25, -0.2) is 0 Å². The second-order valence-electron chi connectivity index (χ2n) is 3.33. The van der Waals surface area contributed by atoms with Gasteiger partial charge in [-0.15, -0.1) is 5.23 Å². The minimum Gasteiger partial charge on any atom is -0.870 e. The summed E-state index contributed by atoms with van der Waals surface area (Å²) in [5.41, 5.74) is 0.921. The first kappa shape index (κ1) is 11.6. The number of thiophene rings is 1. The Morgan fingerprint density at radius 2 is 2.06 bits per heavy atom. The number of nitrogens with zero attached hydrogens (tertiary/aromatic N) is 1. The molecular formula is C11H8NO4S-. The number of hydrogen-bond acceptors (Lipinski definition) is 6. The van der Waals surface area contributed by atoms with E-state index in [4.69, 9.17) is 10.4 Å². The molecule has 0 unspecified atom stereocenters. The van der Waals surface area contributed by atoms with Gasteiger partial charge in [-0.3, -0.25) is 15.2 Å². The van der Waals surface area contributed by atoms with Gasteiger partial charge < -0.3 is 5.11 Å². The van der Waals surface area contributed by atoms with Crippen LogP contribution in [0.15, 0.2) is 29.0 Å². The van der Waals surface area contributed by atoms with Gasteiger partial charge in [-0.2, -0.15) is 11.3 Å². The van der Waals surface area contributed by atoms with Gasteiger partial charge in [-0.05, 0) is 40.1 Å². The van der Waals surface area contributed by atoms with Crippen LogP contribution in [0.5, 0.6) is 5.75 Å². The Balaban J connectivity index is 2.63. The highest BCUT2D eigenvalue weighted by molar-refractivity contribution is 7.08. The molecule has 2 N–H and O–H groups in total. The van der Waals surface area contributed by atoms with E-state index in [2.05, 4.69) is 0 Å². The Bertz CT molecular complexity index is 537. The molecule has 0 amide bonds. The molecule has 17 heavy (non-hydrogen) atoms. The molecule has 2 rings (SSSR count). The molecule has 0 spiro atoms. The minimum atomic E-state index is -0.719. The van der Waals surface area contributed by atoms with E-state index in [-0.39, 0.29) is 16.5 Å². The van der Waals surface area contributed by atoms with Gasteiger partial charge in [0.25, 0.3) is 0 Å². The molecule has 0 aliphatic carbocycles. The van der Waals surface area contributed by atoms with Gasteiger partial charge in [0.05, 0.1) is 5.69 Å². The molecule has 0 saturated carbocycles. The molecule has 0 saturated heterocycles. The smallest absolute Gasteiger partial charge is 0.149 e. The third kappa shape index (κ3) is 2.14. The first-order chi connectivity index (χ1) is 8.13. The summed E-state index contributed by atoms with van der Waals surface area (Å²) in [5, 5.41) is 32.8. The molecule has 0 bridgehead atoms. The molecule has 2 aromatic rings. The van der Waals surface area contributed by atoms with Gasteiger partial charge in [0.15, 0.2) is 0 Å². The monoisotopic (exact) mass is 250 g/mol. The van der Waals surface area contributed by atoms with Gasteiger partial charge in [-0.1, -0.05) is 5.75 Å². The van der Waals surface area contributed by atoms with Crippen LogP contribution in [0.25, 0.3) is 11.1 Å². The molecule has 6 heteroatoms. The van der Waals surface area contributed by atoms with Crippen LogP contribution in [0.3, 0.4) is 0 Å². The highest BCUT2D eigenvalue weighted by atomic mass is 32.1. The third-order valence-electron chi connectivity index (χ3n) is 2.29. The molecule has 0 aliphatic rings. The van der Waals surface area contributed by atoms with Crippen LogP contribution in [0.2, 0.25) is 0 Å². The van der Waals surface area contributed by atoms with Gasteiger partial charge in [0.1, 0.15) is 6.29 Å². The van der Waals surface area contributed by atoms with Crippen LogP contribution in [0.1, 0.15) is 10.4 Å². The summed E-state index contributed by atoms with van der Waals surface area (Å²) < 4.78 is 0. The van der Waals surface area contributed by atoms with Gasteiger partial charge >= 0.3 is 0 Å². The number of anilines is 1. The van der Waals surface area contributed by atoms with Crippen molar-refractivity contribution in [3.8, 4) is 16.9 Å². The summed E-state index contributed by atoms with van der Waals surface area (Å²) in [5.74, 6) is -0.719. The highest BCUT2D eigenvalue weighted by Crippen LogP contribution is 2.33. The van der Waals surface area contributed by atoms with Crippen molar-refractivity contribution in [1.29, 1.82) is 0 Å². The SMILES string of the molecule is O=Cc1cc(-c2ccsc2)cc(N(O)O)c1[O-]. The van der Waals surface area contributed by atoms with Gasteiger partial charge in [0.2, 0.25) is 0 Å². The van der Waals surface area contributed by atoms with Crippen LogP contribution in [-0.2, 0) is 0 Å². The molecule has 1 aromatic heterocycles. The largest absolute Gasteiger partial charge is 0.870 e. The predicted octanol–water partition coefficient (Wildman–Crippen LogP) is 1.89. The molecule has 0 atom stereocenters. The van der Waals surface area contributed by atoms with Gasteiger partial charge in [0, 0.05) is 5.56 Å². The number of carbonyl (C=O) groups excluding carboxylic acids is 1. The van der Waals surface area contributed by atoms with Crippen molar-refractivity contribution in [3.63, 3.8) is 0 Å². The molecule has 5 nitrogen and oxygen atoms in total. The second kappa shape index (κ2) is 4.54. The summed E-state index contributed by atoms with van der Waals surface area (Å²) >= 11 is 1.46. The maximum absolute atomic E-state index is 11.6. The molecule has 0 fully saturated rings. The van der Waals surface area contributed by atoms with Crippen LogP contribution in [0, 0.1) is 0 Å². The van der Waals surface area contributed by atoms with Crippen molar-refractivity contribution in [3.05, 3.63) is 34.5 Å². The van der Waals surface area contributed by atoms with E-state index in [1.807, 2.05) is 16.8 Å². The molecule has 88 valence electrons. The molecule has 1 heterocycles. The van der Waals surface area contributed by atoms with Crippen LogP contribution >= 0.6 is 11.3 Å². The number of rotatable bonds is 3. The van der Waals surface area contributed by atoms with E-state index in [1.54, 1.807) is 0 Å². The molecule has 0 radical (unpaired) electrons. The van der Waals surface area contributed by atoms with E-state index in [9.17, 15) is 9.90 Å². The Labute approximate surface area is 101 Å². The lowest BCUT2D eigenvalue weighted by Crippen LogP contribution is -2.14. The lowest BCUT2D eigenvalue weighted by atomic mass is 10.0. The summed E-state index contributed by atoms with van der Waals surface area (Å²) in [6, 6.07) is 4.55. The van der Waals surface area contributed by atoms with E-state index < -0.39 is 5.75 Å². The lowest BCUT2D eigenvalue weighted by Gasteiger charge is -2.20. The maximum Gasteiger partial charge on any atom is 0.149 e. The molecule has 1 aromatic carbocycles. The first-order valence-corrected chi connectivity index (χ1v) is 5.58. The quantitative estimate of drug-likeness (QED) is 0.642.